The van der Waals surface area contributed by atoms with Gasteiger partial charge in [0.15, 0.2) is 0 Å². The van der Waals surface area contributed by atoms with Crippen molar-refractivity contribution < 1.29 is 8.42 Å². The Balaban J connectivity index is 1.78. The molecule has 0 radical (unpaired) electrons. The van der Waals surface area contributed by atoms with E-state index in [9.17, 15) is 8.42 Å². The van der Waals surface area contributed by atoms with Gasteiger partial charge >= 0.3 is 0 Å². The van der Waals surface area contributed by atoms with E-state index in [2.05, 4.69) is 19.7 Å². The molecule has 2 heterocycles. The van der Waals surface area contributed by atoms with Crippen molar-refractivity contribution in [1.82, 2.24) is 19.7 Å². The molecule has 6 nitrogen and oxygen atoms in total. The van der Waals surface area contributed by atoms with Crippen LogP contribution in [0.15, 0.2) is 47.8 Å². The molecule has 120 valence electrons. The summed E-state index contributed by atoms with van der Waals surface area (Å²) in [5.74, 6) is 0. The van der Waals surface area contributed by atoms with Crippen LogP contribution in [0.3, 0.4) is 0 Å². The highest BCUT2D eigenvalue weighted by atomic mass is 32.2. The lowest BCUT2D eigenvalue weighted by Gasteiger charge is -2.15. The molecule has 1 unspecified atom stereocenters. The van der Waals surface area contributed by atoms with Crippen LogP contribution in [-0.4, -0.2) is 29.4 Å². The normalized spacial score (nSPS) is 13.3. The van der Waals surface area contributed by atoms with E-state index >= 15 is 0 Å². The monoisotopic (exact) mass is 330 g/mol. The predicted octanol–water partition coefficient (Wildman–Crippen LogP) is 2.18. The molecule has 3 rings (SSSR count). The number of imidazole rings is 1. The van der Waals surface area contributed by atoms with Gasteiger partial charge in [0, 0.05) is 24.4 Å². The van der Waals surface area contributed by atoms with Crippen LogP contribution in [0.2, 0.25) is 0 Å². The Hall–Kier alpha value is -2.25. The quantitative estimate of drug-likeness (QED) is 0.750. The van der Waals surface area contributed by atoms with Gasteiger partial charge in [0.2, 0.25) is 10.0 Å². The van der Waals surface area contributed by atoms with Crippen LogP contribution in [0.4, 0.5) is 0 Å². The summed E-state index contributed by atoms with van der Waals surface area (Å²) in [5.41, 5.74) is 3.38. The number of hydrogen-bond acceptors (Lipinski definition) is 4. The van der Waals surface area contributed by atoms with Crippen molar-refractivity contribution in [3.05, 3.63) is 54.1 Å². The van der Waals surface area contributed by atoms with Crippen molar-refractivity contribution in [3.8, 4) is 0 Å². The molecule has 0 bridgehead atoms. The van der Waals surface area contributed by atoms with Crippen molar-refractivity contribution in [2.24, 2.45) is 0 Å². The summed E-state index contributed by atoms with van der Waals surface area (Å²) in [4.78, 5) is 11.5. The largest absolute Gasteiger partial charge is 0.345 e. The van der Waals surface area contributed by atoms with Crippen LogP contribution in [0.1, 0.15) is 18.2 Å². The number of benzene rings is 1. The fourth-order valence-corrected chi connectivity index (χ4v) is 3.75. The fraction of sp³-hybridized carbons (Fsp3) is 0.250. The molecule has 0 fully saturated rings. The van der Waals surface area contributed by atoms with Gasteiger partial charge in [-0.1, -0.05) is 6.07 Å². The Morgan fingerprint density at radius 3 is 2.87 bits per heavy atom. The molecule has 1 aromatic carbocycles. The van der Waals surface area contributed by atoms with Gasteiger partial charge in [0.25, 0.3) is 0 Å². The first kappa shape index (κ1) is 15.6. The summed E-state index contributed by atoms with van der Waals surface area (Å²) >= 11 is 0. The van der Waals surface area contributed by atoms with Crippen molar-refractivity contribution in [1.29, 1.82) is 0 Å². The molecular weight excluding hydrogens is 312 g/mol. The molecule has 1 atom stereocenters. The summed E-state index contributed by atoms with van der Waals surface area (Å²) < 4.78 is 27.7. The second-order valence-electron chi connectivity index (χ2n) is 5.57. The number of aryl methyl sites for hydroxylation is 1. The molecule has 0 aliphatic carbocycles. The lowest BCUT2D eigenvalue weighted by atomic mass is 10.1. The zero-order valence-corrected chi connectivity index (χ0v) is 13.8. The summed E-state index contributed by atoms with van der Waals surface area (Å²) in [7, 11) is -3.59. The first-order valence-corrected chi connectivity index (χ1v) is 8.80. The third-order valence-electron chi connectivity index (χ3n) is 3.68. The smallest absolute Gasteiger partial charge is 0.240 e. The summed E-state index contributed by atoms with van der Waals surface area (Å²) in [6.45, 7) is 3.80. The number of aromatic amines is 1. The van der Waals surface area contributed by atoms with Crippen molar-refractivity contribution in [3.63, 3.8) is 0 Å². The zero-order chi connectivity index (χ0) is 16.4. The Morgan fingerprint density at radius 2 is 2.09 bits per heavy atom. The van der Waals surface area contributed by atoms with E-state index < -0.39 is 10.0 Å². The summed E-state index contributed by atoms with van der Waals surface area (Å²) in [5, 5.41) is 0. The van der Waals surface area contributed by atoms with Gasteiger partial charge in [-0.15, -0.1) is 0 Å². The van der Waals surface area contributed by atoms with Gasteiger partial charge in [-0.2, -0.15) is 0 Å². The first-order chi connectivity index (χ1) is 11.0. The molecule has 0 saturated heterocycles. The van der Waals surface area contributed by atoms with Crippen LogP contribution >= 0.6 is 0 Å². The van der Waals surface area contributed by atoms with Crippen LogP contribution in [0.25, 0.3) is 11.0 Å². The van der Waals surface area contributed by atoms with Crippen LogP contribution in [-0.2, 0) is 16.4 Å². The van der Waals surface area contributed by atoms with Gasteiger partial charge < -0.3 is 4.98 Å². The predicted molar refractivity (Wildman–Crippen MR) is 88.6 cm³/mol. The SMILES string of the molecule is Cc1cccnc1CC(C)NS(=O)(=O)c1ccc2nc[nH]c2c1. The van der Waals surface area contributed by atoms with Crippen molar-refractivity contribution in [2.45, 2.75) is 31.2 Å². The highest BCUT2D eigenvalue weighted by molar-refractivity contribution is 7.89. The van der Waals surface area contributed by atoms with Gasteiger partial charge in [-0.05, 0) is 43.7 Å². The molecular formula is C16H18N4O2S. The molecule has 3 aromatic rings. The highest BCUT2D eigenvalue weighted by Crippen LogP contribution is 2.17. The Kier molecular flexibility index (Phi) is 4.14. The van der Waals surface area contributed by atoms with E-state index in [1.54, 1.807) is 30.7 Å². The molecule has 0 spiro atoms. The number of nitrogens with one attached hydrogen (secondary N) is 2. The number of fused-ring (bicyclic) bond motifs is 1. The average Bonchev–Trinajstić information content (AvgIpc) is 2.96. The number of hydrogen-bond donors (Lipinski definition) is 2. The van der Waals surface area contributed by atoms with E-state index in [4.69, 9.17) is 0 Å². The van der Waals surface area contributed by atoms with Gasteiger partial charge in [-0.25, -0.2) is 18.1 Å². The second kappa shape index (κ2) is 6.10. The molecule has 2 N–H and O–H groups in total. The summed E-state index contributed by atoms with van der Waals surface area (Å²) in [6, 6.07) is 8.41. The molecule has 0 aliphatic rings. The molecule has 0 saturated carbocycles. The highest BCUT2D eigenvalue weighted by Gasteiger charge is 2.19. The topological polar surface area (TPSA) is 87.7 Å². The number of nitrogens with zero attached hydrogens (tertiary/aromatic N) is 2. The third-order valence-corrected chi connectivity index (χ3v) is 5.26. The summed E-state index contributed by atoms with van der Waals surface area (Å²) in [6.07, 6.45) is 3.80. The fourth-order valence-electron chi connectivity index (χ4n) is 2.48. The number of aromatic nitrogens is 3. The Labute approximate surface area is 135 Å². The van der Waals surface area contributed by atoms with Crippen LogP contribution < -0.4 is 4.72 Å². The van der Waals surface area contributed by atoms with Gasteiger partial charge in [-0.3, -0.25) is 4.98 Å². The Morgan fingerprint density at radius 1 is 1.26 bits per heavy atom. The zero-order valence-electron chi connectivity index (χ0n) is 12.9. The number of rotatable bonds is 5. The number of sulfonamides is 1. The average molecular weight is 330 g/mol. The maximum absolute atomic E-state index is 12.5. The minimum absolute atomic E-state index is 0.221. The number of pyridine rings is 1. The third kappa shape index (κ3) is 3.40. The van der Waals surface area contributed by atoms with Crippen molar-refractivity contribution in [2.75, 3.05) is 0 Å². The molecule has 2 aromatic heterocycles. The van der Waals surface area contributed by atoms with E-state index in [0.717, 1.165) is 16.8 Å². The lowest BCUT2D eigenvalue weighted by molar-refractivity contribution is 0.558. The molecule has 0 amide bonds. The molecule has 0 aliphatic heterocycles. The Bertz CT molecular complexity index is 934. The maximum atomic E-state index is 12.5. The van der Waals surface area contributed by atoms with Crippen LogP contribution in [0.5, 0.6) is 0 Å². The molecule has 23 heavy (non-hydrogen) atoms. The van der Waals surface area contributed by atoms with E-state index in [1.807, 2.05) is 26.0 Å². The van der Waals surface area contributed by atoms with Gasteiger partial charge in [0.1, 0.15) is 0 Å². The van der Waals surface area contributed by atoms with E-state index in [-0.39, 0.29) is 10.9 Å². The van der Waals surface area contributed by atoms with Gasteiger partial charge in [0.05, 0.1) is 22.3 Å². The minimum atomic E-state index is -3.59. The van der Waals surface area contributed by atoms with E-state index in [1.165, 1.54) is 0 Å². The van der Waals surface area contributed by atoms with Crippen LogP contribution in [0, 0.1) is 6.92 Å². The van der Waals surface area contributed by atoms with E-state index in [0.29, 0.717) is 11.9 Å². The first-order valence-electron chi connectivity index (χ1n) is 7.32. The second-order valence-corrected chi connectivity index (χ2v) is 7.29. The lowest BCUT2D eigenvalue weighted by Crippen LogP contribution is -2.34. The van der Waals surface area contributed by atoms with Crippen molar-refractivity contribution >= 4 is 21.1 Å². The maximum Gasteiger partial charge on any atom is 0.240 e. The molecule has 7 heteroatoms. The minimum Gasteiger partial charge on any atom is -0.345 e. The standard InChI is InChI=1S/C16H18N4O2S/c1-11-4-3-7-17-15(11)8-12(2)20-23(21,22)13-5-6-14-16(9-13)19-10-18-14/h3-7,9-10,12,20H,8H2,1-2H3,(H,18,19). The number of H-pyrrole nitrogens is 1.